The lowest BCUT2D eigenvalue weighted by molar-refractivity contribution is 0.416. The van der Waals surface area contributed by atoms with Crippen LogP contribution in [-0.4, -0.2) is 16.4 Å². The zero-order valence-electron chi connectivity index (χ0n) is 3.98. The normalized spacial score (nSPS) is 10.5. The van der Waals surface area contributed by atoms with Crippen molar-refractivity contribution in [2.45, 2.75) is 0 Å². The molecule has 1 heterocycles. The first-order valence-corrected chi connectivity index (χ1v) is 1.93. The summed E-state index contributed by atoms with van der Waals surface area (Å²) >= 11 is 0. The van der Waals surface area contributed by atoms with Crippen molar-refractivity contribution in [3.05, 3.63) is 12.2 Å². The third-order valence-electron chi connectivity index (χ3n) is 0.568. The van der Waals surface area contributed by atoms with Crippen LogP contribution in [0.1, 0.15) is 5.82 Å². The summed E-state index contributed by atoms with van der Waals surface area (Å²) in [5.41, 5.74) is 0. The van der Waals surface area contributed by atoms with Crippen LogP contribution in [0.3, 0.4) is 0 Å². The SMILES string of the molecule is NN=Cc1ncon1. The van der Waals surface area contributed by atoms with E-state index in [2.05, 4.69) is 19.8 Å². The van der Waals surface area contributed by atoms with Gasteiger partial charge < -0.3 is 10.4 Å². The molecule has 0 atom stereocenters. The van der Waals surface area contributed by atoms with E-state index in [4.69, 9.17) is 5.84 Å². The third kappa shape index (κ3) is 0.810. The van der Waals surface area contributed by atoms with Crippen LogP contribution in [0.2, 0.25) is 0 Å². The Labute approximate surface area is 45.2 Å². The Kier molecular flexibility index (Phi) is 1.23. The Balaban J connectivity index is 2.77. The second-order valence-corrected chi connectivity index (χ2v) is 1.07. The molecule has 1 aromatic rings. The Hall–Kier alpha value is -1.39. The minimum Gasteiger partial charge on any atom is -0.342 e. The summed E-state index contributed by atoms with van der Waals surface area (Å²) in [6.07, 6.45) is 2.50. The Morgan fingerprint density at radius 3 is 3.25 bits per heavy atom. The van der Waals surface area contributed by atoms with Crippen LogP contribution in [0.5, 0.6) is 0 Å². The van der Waals surface area contributed by atoms with Gasteiger partial charge in [0.1, 0.15) is 0 Å². The summed E-state index contributed by atoms with van der Waals surface area (Å²) in [6.45, 7) is 0. The van der Waals surface area contributed by atoms with Gasteiger partial charge in [0.15, 0.2) is 0 Å². The molecule has 0 unspecified atom stereocenters. The van der Waals surface area contributed by atoms with Crippen molar-refractivity contribution in [3.8, 4) is 0 Å². The maximum Gasteiger partial charge on any atom is 0.215 e. The van der Waals surface area contributed by atoms with Crippen LogP contribution >= 0.6 is 0 Å². The highest BCUT2D eigenvalue weighted by Gasteiger charge is 1.87. The minimum absolute atomic E-state index is 0.382. The highest BCUT2D eigenvalue weighted by molar-refractivity contribution is 5.73. The number of hydrazone groups is 1. The topological polar surface area (TPSA) is 77.3 Å². The van der Waals surface area contributed by atoms with Crippen molar-refractivity contribution >= 4 is 6.21 Å². The van der Waals surface area contributed by atoms with Gasteiger partial charge in [-0.3, -0.25) is 0 Å². The lowest BCUT2D eigenvalue weighted by atomic mass is 10.7. The number of hydrogen-bond acceptors (Lipinski definition) is 5. The first-order chi connectivity index (χ1) is 3.93. The van der Waals surface area contributed by atoms with Gasteiger partial charge in [0, 0.05) is 0 Å². The van der Waals surface area contributed by atoms with Crippen molar-refractivity contribution < 1.29 is 4.52 Å². The first kappa shape index (κ1) is 4.76. The van der Waals surface area contributed by atoms with Crippen LogP contribution in [0.4, 0.5) is 0 Å². The molecule has 0 saturated carbocycles. The minimum atomic E-state index is 0.382. The van der Waals surface area contributed by atoms with Crippen molar-refractivity contribution in [1.82, 2.24) is 10.1 Å². The van der Waals surface area contributed by atoms with Crippen LogP contribution in [0, 0.1) is 0 Å². The van der Waals surface area contributed by atoms with Gasteiger partial charge in [0.2, 0.25) is 12.2 Å². The maximum atomic E-state index is 4.77. The Morgan fingerprint density at radius 2 is 2.75 bits per heavy atom. The quantitative estimate of drug-likeness (QED) is 0.298. The zero-order valence-corrected chi connectivity index (χ0v) is 3.98. The highest BCUT2D eigenvalue weighted by atomic mass is 16.5. The largest absolute Gasteiger partial charge is 0.342 e. The van der Waals surface area contributed by atoms with E-state index in [1.54, 1.807) is 0 Å². The molecular formula is C3H4N4O. The van der Waals surface area contributed by atoms with E-state index in [0.29, 0.717) is 5.82 Å². The second kappa shape index (κ2) is 2.06. The van der Waals surface area contributed by atoms with E-state index in [1.165, 1.54) is 12.6 Å². The van der Waals surface area contributed by atoms with E-state index in [0.717, 1.165) is 0 Å². The van der Waals surface area contributed by atoms with E-state index in [9.17, 15) is 0 Å². The fourth-order valence-electron chi connectivity index (χ4n) is 0.302. The molecule has 1 aromatic heterocycles. The van der Waals surface area contributed by atoms with Crippen molar-refractivity contribution in [1.29, 1.82) is 0 Å². The lowest BCUT2D eigenvalue weighted by Crippen LogP contribution is -1.87. The van der Waals surface area contributed by atoms with Crippen LogP contribution in [0.25, 0.3) is 0 Å². The molecule has 1 rings (SSSR count). The molecule has 0 radical (unpaired) electrons. The average molecular weight is 112 g/mol. The van der Waals surface area contributed by atoms with Crippen LogP contribution in [0.15, 0.2) is 16.0 Å². The molecular weight excluding hydrogens is 108 g/mol. The van der Waals surface area contributed by atoms with Crippen LogP contribution in [-0.2, 0) is 0 Å². The van der Waals surface area contributed by atoms with Gasteiger partial charge in [-0.1, -0.05) is 5.16 Å². The molecule has 2 N–H and O–H groups in total. The molecule has 42 valence electrons. The monoisotopic (exact) mass is 112 g/mol. The molecule has 5 heteroatoms. The second-order valence-electron chi connectivity index (χ2n) is 1.07. The number of hydrogen-bond donors (Lipinski definition) is 1. The van der Waals surface area contributed by atoms with Gasteiger partial charge in [0.25, 0.3) is 0 Å². The van der Waals surface area contributed by atoms with Crippen molar-refractivity contribution in [3.63, 3.8) is 0 Å². The summed E-state index contributed by atoms with van der Waals surface area (Å²) in [6, 6.07) is 0. The Bertz CT molecular complexity index is 167. The van der Waals surface area contributed by atoms with Gasteiger partial charge >= 0.3 is 0 Å². The van der Waals surface area contributed by atoms with E-state index in [1.807, 2.05) is 0 Å². The van der Waals surface area contributed by atoms with Gasteiger partial charge in [-0.2, -0.15) is 10.1 Å². The summed E-state index contributed by atoms with van der Waals surface area (Å²) in [4.78, 5) is 3.60. The summed E-state index contributed by atoms with van der Waals surface area (Å²) in [5.74, 6) is 5.15. The fraction of sp³-hybridized carbons (Fsp3) is 0. The van der Waals surface area contributed by atoms with Crippen LogP contribution < -0.4 is 5.84 Å². The summed E-state index contributed by atoms with van der Waals surface area (Å²) in [5, 5.41) is 6.56. The van der Waals surface area contributed by atoms with E-state index < -0.39 is 0 Å². The summed E-state index contributed by atoms with van der Waals surface area (Å²) < 4.78 is 4.36. The molecule has 0 bridgehead atoms. The summed E-state index contributed by atoms with van der Waals surface area (Å²) in [7, 11) is 0. The van der Waals surface area contributed by atoms with Gasteiger partial charge in [-0.05, 0) is 0 Å². The molecule has 0 aromatic carbocycles. The predicted molar refractivity (Wildman–Crippen MR) is 26.1 cm³/mol. The third-order valence-corrected chi connectivity index (χ3v) is 0.568. The number of nitrogens with two attached hydrogens (primary N) is 1. The highest BCUT2D eigenvalue weighted by Crippen LogP contribution is 1.78. The zero-order chi connectivity index (χ0) is 5.82. The molecule has 5 nitrogen and oxygen atoms in total. The molecule has 8 heavy (non-hydrogen) atoms. The van der Waals surface area contributed by atoms with Crippen molar-refractivity contribution in [2.24, 2.45) is 10.9 Å². The van der Waals surface area contributed by atoms with Gasteiger partial charge in [-0.25, -0.2) is 0 Å². The molecule has 0 amide bonds. The molecule has 0 saturated heterocycles. The van der Waals surface area contributed by atoms with E-state index >= 15 is 0 Å². The molecule has 0 aliphatic carbocycles. The van der Waals surface area contributed by atoms with Gasteiger partial charge in [-0.15, -0.1) is 0 Å². The van der Waals surface area contributed by atoms with Crippen molar-refractivity contribution in [2.75, 3.05) is 0 Å². The average Bonchev–Trinajstić information content (AvgIpc) is 2.19. The smallest absolute Gasteiger partial charge is 0.215 e. The molecule has 0 aliphatic rings. The number of nitrogens with zero attached hydrogens (tertiary/aromatic N) is 3. The molecule has 0 aliphatic heterocycles. The standard InChI is InChI=1S/C3H4N4O/c4-6-1-3-5-2-8-7-3/h1-2H,4H2. The lowest BCUT2D eigenvalue weighted by Gasteiger charge is -1.69. The molecule has 0 spiro atoms. The first-order valence-electron chi connectivity index (χ1n) is 1.93. The van der Waals surface area contributed by atoms with Gasteiger partial charge in [0.05, 0.1) is 6.21 Å². The Morgan fingerprint density at radius 1 is 1.88 bits per heavy atom. The predicted octanol–water partition coefficient (Wildman–Crippen LogP) is -0.638. The fourth-order valence-corrected chi connectivity index (χ4v) is 0.302. The number of aromatic nitrogens is 2. The number of rotatable bonds is 1. The molecule has 0 fully saturated rings. The maximum absolute atomic E-state index is 4.77. The van der Waals surface area contributed by atoms with E-state index in [-0.39, 0.29) is 0 Å².